The van der Waals surface area contributed by atoms with Gasteiger partial charge in [-0.1, -0.05) is 43.0 Å². The number of anilines is 4. The van der Waals surface area contributed by atoms with Gasteiger partial charge in [0.15, 0.2) is 0 Å². The van der Waals surface area contributed by atoms with Gasteiger partial charge in [-0.05, 0) is 24.3 Å². The first-order valence-electron chi connectivity index (χ1n) is 8.55. The number of para-hydroxylation sites is 2. The van der Waals surface area contributed by atoms with Crippen molar-refractivity contribution in [3.8, 4) is 6.01 Å². The Kier molecular flexibility index (Phi) is 6.51. The van der Waals surface area contributed by atoms with Crippen molar-refractivity contribution >= 4 is 29.2 Å². The van der Waals surface area contributed by atoms with E-state index in [2.05, 4.69) is 32.2 Å². The second-order valence-electron chi connectivity index (χ2n) is 5.47. The van der Waals surface area contributed by atoms with Crippen LogP contribution >= 0.6 is 0 Å². The van der Waals surface area contributed by atoms with Crippen LogP contribution in [0.2, 0.25) is 0 Å². The predicted octanol–water partition coefficient (Wildman–Crippen LogP) is 3.47. The average Bonchev–Trinajstić information content (AvgIpc) is 2.72. The number of benzene rings is 2. The van der Waals surface area contributed by atoms with Crippen LogP contribution in [0, 0.1) is 0 Å². The summed E-state index contributed by atoms with van der Waals surface area (Å²) < 4.78 is 10.4. The van der Waals surface area contributed by atoms with Crippen LogP contribution in [0.1, 0.15) is 0 Å². The fourth-order valence-electron chi connectivity index (χ4n) is 2.17. The zero-order valence-electron chi connectivity index (χ0n) is 15.0. The highest BCUT2D eigenvalue weighted by molar-refractivity contribution is 5.81. The van der Waals surface area contributed by atoms with Crippen molar-refractivity contribution in [2.45, 2.75) is 0 Å². The Balaban J connectivity index is 1.75. The highest BCUT2D eigenvalue weighted by atomic mass is 16.6. The van der Waals surface area contributed by atoms with Gasteiger partial charge in [0.2, 0.25) is 11.9 Å². The van der Waals surface area contributed by atoms with Crippen LogP contribution < -0.4 is 15.4 Å². The Labute approximate surface area is 162 Å². The lowest BCUT2D eigenvalue weighted by atomic mass is 10.3. The summed E-state index contributed by atoms with van der Waals surface area (Å²) in [6.07, 6.45) is 1.09. The highest BCUT2D eigenvalue weighted by Crippen LogP contribution is 2.19. The molecular formula is C20H19N5O3. The normalized spacial score (nSPS) is 10.0. The van der Waals surface area contributed by atoms with E-state index >= 15 is 0 Å². The fourth-order valence-corrected chi connectivity index (χ4v) is 2.17. The topological polar surface area (TPSA) is 98.3 Å². The van der Waals surface area contributed by atoms with Crippen molar-refractivity contribution in [3.63, 3.8) is 0 Å². The van der Waals surface area contributed by atoms with E-state index in [9.17, 15) is 4.79 Å². The van der Waals surface area contributed by atoms with Crippen LogP contribution in [0.5, 0.6) is 6.01 Å². The summed E-state index contributed by atoms with van der Waals surface area (Å²) in [5.74, 6) is 0.118. The number of aromatic nitrogens is 3. The quantitative estimate of drug-likeness (QED) is 0.332. The number of carbonyl (C=O) groups is 1. The summed E-state index contributed by atoms with van der Waals surface area (Å²) in [5, 5.41) is 6.21. The Bertz CT molecular complexity index is 860. The van der Waals surface area contributed by atoms with Gasteiger partial charge in [-0.2, -0.15) is 15.0 Å². The number of hydrogen-bond donors (Lipinski definition) is 2. The van der Waals surface area contributed by atoms with Crippen LogP contribution in [-0.2, 0) is 9.53 Å². The first-order chi connectivity index (χ1) is 13.7. The molecule has 3 rings (SSSR count). The van der Waals surface area contributed by atoms with E-state index in [4.69, 9.17) is 9.47 Å². The van der Waals surface area contributed by atoms with Gasteiger partial charge < -0.3 is 20.1 Å². The van der Waals surface area contributed by atoms with Crippen molar-refractivity contribution in [1.82, 2.24) is 15.0 Å². The van der Waals surface area contributed by atoms with Gasteiger partial charge in [-0.15, -0.1) is 0 Å². The minimum atomic E-state index is -0.517. The number of hydrogen-bond acceptors (Lipinski definition) is 8. The third kappa shape index (κ3) is 5.80. The zero-order valence-corrected chi connectivity index (χ0v) is 15.0. The standard InChI is InChI=1S/C20H19N5O3/c1-2-17(26)27-13-14-28-20-24-18(21-15-9-5-3-6-10-15)23-19(25-20)22-16-11-7-4-8-12-16/h2-12H,1,13-14H2,(H2,21,22,23,24,25). The minimum Gasteiger partial charge on any atom is -0.460 e. The molecule has 0 saturated carbocycles. The summed E-state index contributed by atoms with van der Waals surface area (Å²) in [6, 6.07) is 19.1. The summed E-state index contributed by atoms with van der Waals surface area (Å²) in [6.45, 7) is 3.49. The van der Waals surface area contributed by atoms with Crippen LogP contribution in [0.3, 0.4) is 0 Å². The maximum absolute atomic E-state index is 11.1. The molecule has 3 aromatic rings. The molecule has 0 saturated heterocycles. The first-order valence-corrected chi connectivity index (χ1v) is 8.55. The molecule has 0 aliphatic carbocycles. The number of nitrogens with one attached hydrogen (secondary N) is 2. The number of rotatable bonds is 9. The van der Waals surface area contributed by atoms with E-state index < -0.39 is 5.97 Å². The van der Waals surface area contributed by atoms with Crippen molar-refractivity contribution in [3.05, 3.63) is 73.3 Å². The van der Waals surface area contributed by atoms with Crippen LogP contribution in [-0.4, -0.2) is 34.1 Å². The van der Waals surface area contributed by atoms with Crippen LogP contribution in [0.25, 0.3) is 0 Å². The van der Waals surface area contributed by atoms with Crippen molar-refractivity contribution in [2.24, 2.45) is 0 Å². The summed E-state index contributed by atoms with van der Waals surface area (Å²) >= 11 is 0. The van der Waals surface area contributed by atoms with Gasteiger partial charge in [-0.3, -0.25) is 0 Å². The Morgan fingerprint density at radius 3 is 1.89 bits per heavy atom. The molecule has 0 aliphatic heterocycles. The third-order valence-electron chi connectivity index (χ3n) is 3.40. The maximum atomic E-state index is 11.1. The SMILES string of the molecule is C=CC(=O)OCCOc1nc(Nc2ccccc2)nc(Nc2ccccc2)n1. The van der Waals surface area contributed by atoms with Gasteiger partial charge in [0.05, 0.1) is 0 Å². The lowest BCUT2D eigenvalue weighted by Crippen LogP contribution is -2.13. The average molecular weight is 377 g/mol. The van der Waals surface area contributed by atoms with E-state index in [1.165, 1.54) is 0 Å². The lowest BCUT2D eigenvalue weighted by molar-refractivity contribution is -0.138. The van der Waals surface area contributed by atoms with E-state index in [1.54, 1.807) is 0 Å². The van der Waals surface area contributed by atoms with Gasteiger partial charge in [0.25, 0.3) is 0 Å². The highest BCUT2D eigenvalue weighted by Gasteiger charge is 2.09. The third-order valence-corrected chi connectivity index (χ3v) is 3.40. The van der Waals surface area contributed by atoms with Crippen LogP contribution in [0.15, 0.2) is 73.3 Å². The van der Waals surface area contributed by atoms with Crippen molar-refractivity contribution in [1.29, 1.82) is 0 Å². The van der Waals surface area contributed by atoms with Gasteiger partial charge >= 0.3 is 12.0 Å². The molecule has 1 aromatic heterocycles. The second kappa shape index (κ2) is 9.67. The van der Waals surface area contributed by atoms with Gasteiger partial charge in [0.1, 0.15) is 13.2 Å². The summed E-state index contributed by atoms with van der Waals surface area (Å²) in [4.78, 5) is 24.0. The molecule has 0 aliphatic rings. The number of nitrogens with zero attached hydrogens (tertiary/aromatic N) is 3. The predicted molar refractivity (Wildman–Crippen MR) is 106 cm³/mol. The monoisotopic (exact) mass is 377 g/mol. The molecule has 0 amide bonds. The fraction of sp³-hybridized carbons (Fsp3) is 0.100. The smallest absolute Gasteiger partial charge is 0.330 e. The van der Waals surface area contributed by atoms with Crippen LogP contribution in [0.4, 0.5) is 23.3 Å². The first kappa shape index (κ1) is 18.8. The van der Waals surface area contributed by atoms with E-state index in [1.807, 2.05) is 60.7 Å². The minimum absolute atomic E-state index is 0.0550. The molecule has 8 nitrogen and oxygen atoms in total. The molecule has 0 unspecified atom stereocenters. The largest absolute Gasteiger partial charge is 0.460 e. The molecule has 0 bridgehead atoms. The molecule has 0 atom stereocenters. The van der Waals surface area contributed by atoms with E-state index in [-0.39, 0.29) is 19.2 Å². The number of ether oxygens (including phenoxy) is 2. The molecule has 1 heterocycles. The van der Waals surface area contributed by atoms with Crippen molar-refractivity contribution < 1.29 is 14.3 Å². The maximum Gasteiger partial charge on any atom is 0.330 e. The lowest BCUT2D eigenvalue weighted by Gasteiger charge is -2.11. The molecule has 0 radical (unpaired) electrons. The molecular weight excluding hydrogens is 358 g/mol. The zero-order chi connectivity index (χ0) is 19.6. The van der Waals surface area contributed by atoms with E-state index in [0.29, 0.717) is 11.9 Å². The molecule has 0 spiro atoms. The summed E-state index contributed by atoms with van der Waals surface area (Å²) in [5.41, 5.74) is 1.65. The Hall–Kier alpha value is -3.94. The molecule has 28 heavy (non-hydrogen) atoms. The number of carbonyl (C=O) groups excluding carboxylic acids is 1. The Morgan fingerprint density at radius 1 is 0.857 bits per heavy atom. The summed E-state index contributed by atoms with van der Waals surface area (Å²) in [7, 11) is 0. The Morgan fingerprint density at radius 2 is 1.39 bits per heavy atom. The molecule has 2 aromatic carbocycles. The van der Waals surface area contributed by atoms with Crippen molar-refractivity contribution in [2.75, 3.05) is 23.8 Å². The molecule has 0 fully saturated rings. The van der Waals surface area contributed by atoms with Gasteiger partial charge in [-0.25, -0.2) is 4.79 Å². The van der Waals surface area contributed by atoms with Gasteiger partial charge in [0, 0.05) is 17.5 Å². The second-order valence-corrected chi connectivity index (χ2v) is 5.47. The molecule has 142 valence electrons. The van der Waals surface area contributed by atoms with E-state index in [0.717, 1.165) is 17.5 Å². The molecule has 8 heteroatoms. The molecule has 2 N–H and O–H groups in total. The number of esters is 1.